The zero-order valence-electron chi connectivity index (χ0n) is 11.9. The first-order chi connectivity index (χ1) is 9.85. The van der Waals surface area contributed by atoms with Crippen LogP contribution in [0.1, 0.15) is 31.4 Å². The fourth-order valence-corrected chi connectivity index (χ4v) is 2.75. The third kappa shape index (κ3) is 2.95. The lowest BCUT2D eigenvalue weighted by Crippen LogP contribution is -2.41. The summed E-state index contributed by atoms with van der Waals surface area (Å²) >= 11 is 0. The summed E-state index contributed by atoms with van der Waals surface area (Å²) in [6, 6.07) is 10.7. The van der Waals surface area contributed by atoms with Gasteiger partial charge in [0.25, 0.3) is 0 Å². The van der Waals surface area contributed by atoms with Gasteiger partial charge in [-0.3, -0.25) is 4.99 Å². The van der Waals surface area contributed by atoms with Crippen LogP contribution in [0, 0.1) is 0 Å². The molecule has 1 aromatic heterocycles. The van der Waals surface area contributed by atoms with Gasteiger partial charge in [-0.25, -0.2) is 0 Å². The largest absolute Gasteiger partial charge is 0.459 e. The molecular weight excluding hydrogens is 250 g/mol. The van der Waals surface area contributed by atoms with Gasteiger partial charge in [0.05, 0.1) is 6.54 Å². The SMILES string of the molecule is CN=C(NCc1cc2ccccc2o1)NC1CCCC1. The summed E-state index contributed by atoms with van der Waals surface area (Å²) in [6.45, 7) is 0.654. The third-order valence-corrected chi connectivity index (χ3v) is 3.83. The van der Waals surface area contributed by atoms with Crippen LogP contribution < -0.4 is 10.6 Å². The molecule has 1 heterocycles. The Bertz CT molecular complexity index is 564. The van der Waals surface area contributed by atoms with Gasteiger partial charge in [0.15, 0.2) is 5.96 Å². The molecular formula is C16H21N3O. The van der Waals surface area contributed by atoms with Gasteiger partial charge >= 0.3 is 0 Å². The van der Waals surface area contributed by atoms with Gasteiger partial charge in [-0.2, -0.15) is 0 Å². The van der Waals surface area contributed by atoms with Crippen LogP contribution in [0.5, 0.6) is 0 Å². The zero-order chi connectivity index (χ0) is 13.8. The smallest absolute Gasteiger partial charge is 0.191 e. The highest BCUT2D eigenvalue weighted by atomic mass is 16.3. The Morgan fingerprint density at radius 3 is 2.85 bits per heavy atom. The normalized spacial score (nSPS) is 16.8. The van der Waals surface area contributed by atoms with Crippen molar-refractivity contribution in [2.24, 2.45) is 4.99 Å². The van der Waals surface area contributed by atoms with E-state index in [2.05, 4.69) is 27.8 Å². The van der Waals surface area contributed by atoms with E-state index in [1.165, 1.54) is 25.7 Å². The topological polar surface area (TPSA) is 49.6 Å². The summed E-state index contributed by atoms with van der Waals surface area (Å²) in [6.07, 6.45) is 5.12. The number of fused-ring (bicyclic) bond motifs is 1. The van der Waals surface area contributed by atoms with Crippen molar-refractivity contribution in [3.8, 4) is 0 Å². The van der Waals surface area contributed by atoms with Crippen molar-refractivity contribution in [1.82, 2.24) is 10.6 Å². The number of para-hydroxylation sites is 1. The Labute approximate surface area is 119 Å². The number of furan rings is 1. The Balaban J connectivity index is 1.59. The first-order valence-electron chi connectivity index (χ1n) is 7.30. The van der Waals surface area contributed by atoms with E-state index in [0.717, 1.165) is 22.7 Å². The monoisotopic (exact) mass is 271 g/mol. The number of aliphatic imine (C=N–C) groups is 1. The number of nitrogens with one attached hydrogen (secondary N) is 2. The molecule has 1 saturated carbocycles. The Morgan fingerprint density at radius 1 is 1.30 bits per heavy atom. The molecule has 0 atom stereocenters. The number of hydrogen-bond donors (Lipinski definition) is 2. The fraction of sp³-hybridized carbons (Fsp3) is 0.438. The predicted molar refractivity (Wildman–Crippen MR) is 81.8 cm³/mol. The van der Waals surface area contributed by atoms with Crippen LogP contribution in [0.2, 0.25) is 0 Å². The molecule has 0 bridgehead atoms. The number of benzene rings is 1. The van der Waals surface area contributed by atoms with E-state index in [1.807, 2.05) is 25.2 Å². The maximum Gasteiger partial charge on any atom is 0.191 e. The molecule has 2 aromatic rings. The van der Waals surface area contributed by atoms with Gasteiger partial charge in [0.2, 0.25) is 0 Å². The van der Waals surface area contributed by atoms with Crippen molar-refractivity contribution in [2.75, 3.05) is 7.05 Å². The van der Waals surface area contributed by atoms with E-state index in [0.29, 0.717) is 12.6 Å². The van der Waals surface area contributed by atoms with Crippen molar-refractivity contribution in [3.63, 3.8) is 0 Å². The van der Waals surface area contributed by atoms with Gasteiger partial charge in [-0.1, -0.05) is 31.0 Å². The van der Waals surface area contributed by atoms with Crippen LogP contribution in [0.15, 0.2) is 39.7 Å². The van der Waals surface area contributed by atoms with E-state index in [-0.39, 0.29) is 0 Å². The molecule has 1 aliphatic carbocycles. The molecule has 1 aromatic carbocycles. The number of nitrogens with zero attached hydrogens (tertiary/aromatic N) is 1. The second kappa shape index (κ2) is 5.99. The van der Waals surface area contributed by atoms with Gasteiger partial charge in [-0.15, -0.1) is 0 Å². The number of hydrogen-bond acceptors (Lipinski definition) is 2. The van der Waals surface area contributed by atoms with E-state index >= 15 is 0 Å². The second-order valence-electron chi connectivity index (χ2n) is 5.30. The van der Waals surface area contributed by atoms with Crippen molar-refractivity contribution >= 4 is 16.9 Å². The molecule has 1 aliphatic rings. The molecule has 106 valence electrons. The Kier molecular flexibility index (Phi) is 3.90. The lowest BCUT2D eigenvalue weighted by Gasteiger charge is -2.16. The molecule has 0 amide bonds. The van der Waals surface area contributed by atoms with Crippen molar-refractivity contribution < 1.29 is 4.42 Å². The first kappa shape index (κ1) is 13.0. The summed E-state index contributed by atoms with van der Waals surface area (Å²) in [5, 5.41) is 7.93. The van der Waals surface area contributed by atoms with Crippen molar-refractivity contribution in [2.45, 2.75) is 38.3 Å². The molecule has 4 nitrogen and oxygen atoms in total. The molecule has 1 fully saturated rings. The number of rotatable bonds is 3. The second-order valence-corrected chi connectivity index (χ2v) is 5.30. The van der Waals surface area contributed by atoms with Crippen molar-refractivity contribution in [1.29, 1.82) is 0 Å². The zero-order valence-corrected chi connectivity index (χ0v) is 11.9. The molecule has 0 aliphatic heterocycles. The molecule has 0 unspecified atom stereocenters. The van der Waals surface area contributed by atoms with Gasteiger partial charge in [0, 0.05) is 18.5 Å². The van der Waals surface area contributed by atoms with Crippen LogP contribution in [-0.4, -0.2) is 19.0 Å². The summed E-state index contributed by atoms with van der Waals surface area (Å²) < 4.78 is 5.79. The van der Waals surface area contributed by atoms with Crippen LogP contribution in [0.4, 0.5) is 0 Å². The lowest BCUT2D eigenvalue weighted by molar-refractivity contribution is 0.534. The van der Waals surface area contributed by atoms with E-state index in [1.54, 1.807) is 0 Å². The minimum absolute atomic E-state index is 0.567. The van der Waals surface area contributed by atoms with Gasteiger partial charge in [-0.05, 0) is 25.0 Å². The molecule has 4 heteroatoms. The van der Waals surface area contributed by atoms with Crippen molar-refractivity contribution in [3.05, 3.63) is 36.1 Å². The van der Waals surface area contributed by atoms with Gasteiger partial charge in [0.1, 0.15) is 11.3 Å². The molecule has 20 heavy (non-hydrogen) atoms. The maximum absolute atomic E-state index is 5.79. The minimum atomic E-state index is 0.567. The standard InChI is InChI=1S/C16H21N3O/c1-17-16(19-13-7-3-4-8-13)18-11-14-10-12-6-2-5-9-15(12)20-14/h2,5-6,9-10,13H,3-4,7-8,11H2,1H3,(H2,17,18,19). The van der Waals surface area contributed by atoms with Crippen LogP contribution >= 0.6 is 0 Å². The Hall–Kier alpha value is -1.97. The highest BCUT2D eigenvalue weighted by Gasteiger charge is 2.15. The average molecular weight is 271 g/mol. The quantitative estimate of drug-likeness (QED) is 0.666. The molecule has 0 radical (unpaired) electrons. The van der Waals surface area contributed by atoms with E-state index in [4.69, 9.17) is 4.42 Å². The predicted octanol–water partition coefficient (Wildman–Crippen LogP) is 3.04. The molecule has 3 rings (SSSR count). The van der Waals surface area contributed by atoms with E-state index < -0.39 is 0 Å². The Morgan fingerprint density at radius 2 is 2.10 bits per heavy atom. The first-order valence-corrected chi connectivity index (χ1v) is 7.30. The van der Waals surface area contributed by atoms with E-state index in [9.17, 15) is 0 Å². The summed E-state index contributed by atoms with van der Waals surface area (Å²) in [5.41, 5.74) is 0.933. The summed E-state index contributed by atoms with van der Waals surface area (Å²) in [7, 11) is 1.81. The number of guanidine groups is 1. The maximum atomic E-state index is 5.79. The summed E-state index contributed by atoms with van der Waals surface area (Å²) in [5.74, 6) is 1.79. The minimum Gasteiger partial charge on any atom is -0.459 e. The van der Waals surface area contributed by atoms with Crippen LogP contribution in [0.25, 0.3) is 11.0 Å². The average Bonchev–Trinajstić information content (AvgIpc) is 3.12. The highest BCUT2D eigenvalue weighted by molar-refractivity contribution is 5.80. The highest BCUT2D eigenvalue weighted by Crippen LogP contribution is 2.19. The van der Waals surface area contributed by atoms with Gasteiger partial charge < -0.3 is 15.1 Å². The summed E-state index contributed by atoms with van der Waals surface area (Å²) in [4.78, 5) is 4.27. The fourth-order valence-electron chi connectivity index (χ4n) is 2.75. The van der Waals surface area contributed by atoms with Crippen LogP contribution in [0.3, 0.4) is 0 Å². The van der Waals surface area contributed by atoms with Crippen LogP contribution in [-0.2, 0) is 6.54 Å². The molecule has 0 spiro atoms. The molecule has 2 N–H and O–H groups in total. The molecule has 0 saturated heterocycles. The third-order valence-electron chi connectivity index (χ3n) is 3.83. The lowest BCUT2D eigenvalue weighted by atomic mass is 10.2.